The zero-order valence-electron chi connectivity index (χ0n) is 10.7. The molecular formula is C12H20N4O2. The molecule has 1 aliphatic rings. The Balaban J connectivity index is 1.88. The lowest BCUT2D eigenvalue weighted by Crippen LogP contribution is -2.37. The molecule has 1 aliphatic heterocycles. The van der Waals surface area contributed by atoms with E-state index in [1.807, 2.05) is 7.05 Å². The van der Waals surface area contributed by atoms with Gasteiger partial charge in [0.25, 0.3) is 0 Å². The Kier molecular flexibility index (Phi) is 4.72. The molecule has 6 nitrogen and oxygen atoms in total. The lowest BCUT2D eigenvalue weighted by atomic mass is 10.1. The summed E-state index contributed by atoms with van der Waals surface area (Å²) in [6, 6.07) is 0. The highest BCUT2D eigenvalue weighted by Crippen LogP contribution is 2.19. The fourth-order valence-electron chi connectivity index (χ4n) is 2.10. The first-order valence-corrected chi connectivity index (χ1v) is 6.30. The van der Waals surface area contributed by atoms with E-state index in [2.05, 4.69) is 20.2 Å². The van der Waals surface area contributed by atoms with Crippen LogP contribution >= 0.6 is 0 Å². The second-order valence-corrected chi connectivity index (χ2v) is 4.29. The minimum atomic E-state index is 0.0932. The van der Waals surface area contributed by atoms with Crippen molar-refractivity contribution in [3.63, 3.8) is 0 Å². The molecule has 1 aromatic rings. The van der Waals surface area contributed by atoms with Gasteiger partial charge in [-0.2, -0.15) is 0 Å². The van der Waals surface area contributed by atoms with Crippen molar-refractivity contribution in [2.45, 2.75) is 18.9 Å². The van der Waals surface area contributed by atoms with Gasteiger partial charge in [-0.25, -0.2) is 4.98 Å². The third-order valence-electron chi connectivity index (χ3n) is 3.09. The Morgan fingerprint density at radius 2 is 2.22 bits per heavy atom. The van der Waals surface area contributed by atoms with Gasteiger partial charge in [0.2, 0.25) is 0 Å². The van der Waals surface area contributed by atoms with Gasteiger partial charge in [-0.3, -0.25) is 4.98 Å². The maximum atomic E-state index is 8.72. The zero-order chi connectivity index (χ0) is 12.8. The maximum Gasteiger partial charge on any atom is 0.149 e. The summed E-state index contributed by atoms with van der Waals surface area (Å²) in [6.07, 6.45) is 5.68. The van der Waals surface area contributed by atoms with E-state index in [4.69, 9.17) is 9.84 Å². The molecule has 1 aromatic heterocycles. The average molecular weight is 252 g/mol. The molecule has 0 atom stereocenters. The van der Waals surface area contributed by atoms with Crippen molar-refractivity contribution in [2.75, 3.05) is 43.6 Å². The number of hydrogen-bond acceptors (Lipinski definition) is 6. The first-order chi connectivity index (χ1) is 8.83. The molecular weight excluding hydrogens is 232 g/mol. The molecule has 6 heteroatoms. The van der Waals surface area contributed by atoms with Gasteiger partial charge in [0, 0.05) is 20.1 Å². The summed E-state index contributed by atoms with van der Waals surface area (Å²) < 4.78 is 5.54. The van der Waals surface area contributed by atoms with Crippen LogP contribution in [0.15, 0.2) is 12.4 Å². The van der Waals surface area contributed by atoms with Crippen LogP contribution in [0.1, 0.15) is 12.8 Å². The summed E-state index contributed by atoms with van der Waals surface area (Å²) in [6.45, 7) is 2.35. The maximum absolute atomic E-state index is 8.72. The first kappa shape index (κ1) is 13.0. The van der Waals surface area contributed by atoms with Crippen molar-refractivity contribution in [3.05, 3.63) is 12.4 Å². The molecule has 2 rings (SSSR count). The number of hydrogen-bond donors (Lipinski definition) is 2. The van der Waals surface area contributed by atoms with E-state index in [-0.39, 0.29) is 12.7 Å². The Hall–Kier alpha value is -1.40. The molecule has 0 spiro atoms. The molecule has 0 unspecified atom stereocenters. The second-order valence-electron chi connectivity index (χ2n) is 4.29. The molecule has 1 saturated heterocycles. The van der Waals surface area contributed by atoms with Crippen LogP contribution < -0.4 is 10.2 Å². The number of nitrogens with one attached hydrogen (secondary N) is 1. The predicted octanol–water partition coefficient (Wildman–Crippen LogP) is 0.496. The molecule has 0 saturated carbocycles. The number of ether oxygens (including phenoxy) is 1. The molecule has 2 heterocycles. The van der Waals surface area contributed by atoms with Gasteiger partial charge >= 0.3 is 0 Å². The summed E-state index contributed by atoms with van der Waals surface area (Å²) in [5, 5.41) is 11.7. The SMILES string of the molecule is CNc1cncc(N2CCC(OCCO)CC2)n1. The van der Waals surface area contributed by atoms with Crippen molar-refractivity contribution < 1.29 is 9.84 Å². The number of anilines is 2. The molecule has 100 valence electrons. The van der Waals surface area contributed by atoms with Crippen LogP contribution in [-0.2, 0) is 4.74 Å². The smallest absolute Gasteiger partial charge is 0.149 e. The predicted molar refractivity (Wildman–Crippen MR) is 69.9 cm³/mol. The molecule has 0 amide bonds. The van der Waals surface area contributed by atoms with Gasteiger partial charge < -0.3 is 20.1 Å². The number of aromatic nitrogens is 2. The van der Waals surface area contributed by atoms with Crippen molar-refractivity contribution >= 4 is 11.6 Å². The van der Waals surface area contributed by atoms with Crippen LogP contribution in [0, 0.1) is 0 Å². The summed E-state index contributed by atoms with van der Waals surface area (Å²) in [4.78, 5) is 10.9. The van der Waals surface area contributed by atoms with Gasteiger partial charge in [-0.05, 0) is 12.8 Å². The number of aliphatic hydroxyl groups is 1. The van der Waals surface area contributed by atoms with Crippen LogP contribution in [0.4, 0.5) is 11.6 Å². The van der Waals surface area contributed by atoms with Gasteiger partial charge in [-0.15, -0.1) is 0 Å². The number of rotatable bonds is 5. The molecule has 0 aromatic carbocycles. The summed E-state index contributed by atoms with van der Waals surface area (Å²) >= 11 is 0. The molecule has 2 N–H and O–H groups in total. The third-order valence-corrected chi connectivity index (χ3v) is 3.09. The Morgan fingerprint density at radius 3 is 2.89 bits per heavy atom. The van der Waals surface area contributed by atoms with Crippen LogP contribution in [0.2, 0.25) is 0 Å². The summed E-state index contributed by atoms with van der Waals surface area (Å²) in [5.41, 5.74) is 0. The van der Waals surface area contributed by atoms with E-state index in [0.29, 0.717) is 6.61 Å². The average Bonchev–Trinajstić information content (AvgIpc) is 2.46. The van der Waals surface area contributed by atoms with Crippen molar-refractivity contribution in [1.82, 2.24) is 9.97 Å². The zero-order valence-corrected chi connectivity index (χ0v) is 10.7. The molecule has 0 aliphatic carbocycles. The molecule has 18 heavy (non-hydrogen) atoms. The molecule has 1 fully saturated rings. The first-order valence-electron chi connectivity index (χ1n) is 6.30. The molecule has 0 radical (unpaired) electrons. The number of piperidine rings is 1. The van der Waals surface area contributed by atoms with Gasteiger partial charge in [0.05, 0.1) is 31.7 Å². The van der Waals surface area contributed by atoms with Gasteiger partial charge in [0.15, 0.2) is 0 Å². The van der Waals surface area contributed by atoms with Crippen LogP contribution in [0.25, 0.3) is 0 Å². The van der Waals surface area contributed by atoms with E-state index in [1.54, 1.807) is 12.4 Å². The van der Waals surface area contributed by atoms with E-state index in [9.17, 15) is 0 Å². The summed E-state index contributed by atoms with van der Waals surface area (Å²) in [5.74, 6) is 1.69. The fourth-order valence-corrected chi connectivity index (χ4v) is 2.10. The lowest BCUT2D eigenvalue weighted by Gasteiger charge is -2.32. The summed E-state index contributed by atoms with van der Waals surface area (Å²) in [7, 11) is 1.84. The van der Waals surface area contributed by atoms with E-state index >= 15 is 0 Å². The van der Waals surface area contributed by atoms with Crippen molar-refractivity contribution in [1.29, 1.82) is 0 Å². The van der Waals surface area contributed by atoms with E-state index in [1.165, 1.54) is 0 Å². The van der Waals surface area contributed by atoms with Crippen molar-refractivity contribution in [2.24, 2.45) is 0 Å². The fraction of sp³-hybridized carbons (Fsp3) is 0.667. The Morgan fingerprint density at radius 1 is 1.44 bits per heavy atom. The van der Waals surface area contributed by atoms with Gasteiger partial charge in [0.1, 0.15) is 11.6 Å². The number of aliphatic hydroxyl groups excluding tert-OH is 1. The number of nitrogens with zero attached hydrogens (tertiary/aromatic N) is 3. The lowest BCUT2D eigenvalue weighted by molar-refractivity contribution is 0.0158. The Bertz CT molecular complexity index is 367. The van der Waals surface area contributed by atoms with Crippen LogP contribution in [0.5, 0.6) is 0 Å². The highest BCUT2D eigenvalue weighted by molar-refractivity contribution is 5.43. The monoisotopic (exact) mass is 252 g/mol. The Labute approximate surface area is 107 Å². The standard InChI is InChI=1S/C12H20N4O2/c1-13-11-8-14-9-12(15-11)16-4-2-10(3-5-16)18-7-6-17/h8-10,17H,2-7H2,1H3,(H,13,15). The van der Waals surface area contributed by atoms with Gasteiger partial charge in [-0.1, -0.05) is 0 Å². The highest BCUT2D eigenvalue weighted by atomic mass is 16.5. The normalized spacial score (nSPS) is 16.9. The van der Waals surface area contributed by atoms with Crippen LogP contribution in [-0.4, -0.2) is 54.5 Å². The van der Waals surface area contributed by atoms with E-state index < -0.39 is 0 Å². The minimum Gasteiger partial charge on any atom is -0.394 e. The minimum absolute atomic E-state index is 0.0932. The topological polar surface area (TPSA) is 70.5 Å². The van der Waals surface area contributed by atoms with E-state index in [0.717, 1.165) is 37.6 Å². The second kappa shape index (κ2) is 6.51. The third kappa shape index (κ3) is 3.30. The highest BCUT2D eigenvalue weighted by Gasteiger charge is 2.20. The molecule has 0 bridgehead atoms. The van der Waals surface area contributed by atoms with Crippen molar-refractivity contribution in [3.8, 4) is 0 Å². The van der Waals surface area contributed by atoms with Crippen LogP contribution in [0.3, 0.4) is 0 Å². The largest absolute Gasteiger partial charge is 0.394 e. The quantitative estimate of drug-likeness (QED) is 0.795.